The molecule has 2 rings (SSSR count). The summed E-state index contributed by atoms with van der Waals surface area (Å²) in [5.74, 6) is 0.247. The summed E-state index contributed by atoms with van der Waals surface area (Å²) < 4.78 is 1.63. The molecule has 5 heteroatoms. The minimum atomic E-state index is -0.595. The van der Waals surface area contributed by atoms with Crippen LogP contribution in [-0.4, -0.2) is 14.9 Å². The molecule has 98 valence electrons. The predicted octanol–water partition coefficient (Wildman–Crippen LogP) is 3.53. The van der Waals surface area contributed by atoms with Crippen LogP contribution in [0.2, 0.25) is 5.15 Å². The largest absolute Gasteiger partial charge is 0.388 e. The van der Waals surface area contributed by atoms with Gasteiger partial charge in [0.05, 0.1) is 11.8 Å². The Morgan fingerprint density at radius 1 is 1.50 bits per heavy atom. The van der Waals surface area contributed by atoms with Gasteiger partial charge in [-0.1, -0.05) is 31.5 Å². The topological polar surface area (TPSA) is 38.0 Å². The third-order valence-corrected chi connectivity index (χ3v) is 4.24. The maximum Gasteiger partial charge on any atom is 0.132 e. The zero-order valence-corrected chi connectivity index (χ0v) is 12.3. The van der Waals surface area contributed by atoms with Crippen LogP contribution in [-0.2, 0) is 13.5 Å². The van der Waals surface area contributed by atoms with Gasteiger partial charge in [0.2, 0.25) is 0 Å². The van der Waals surface area contributed by atoms with Crippen LogP contribution < -0.4 is 0 Å². The second-order valence-electron chi connectivity index (χ2n) is 4.67. The molecule has 0 amide bonds. The fourth-order valence-corrected chi connectivity index (χ4v) is 3.00. The molecule has 0 fully saturated rings. The fourth-order valence-electron chi connectivity index (χ4n) is 2.00. The van der Waals surface area contributed by atoms with Crippen LogP contribution in [0.4, 0.5) is 0 Å². The highest BCUT2D eigenvalue weighted by Gasteiger charge is 2.23. The van der Waals surface area contributed by atoms with E-state index in [1.165, 1.54) is 0 Å². The van der Waals surface area contributed by atoms with E-state index in [0.717, 1.165) is 16.1 Å². The van der Waals surface area contributed by atoms with E-state index in [4.69, 9.17) is 11.6 Å². The van der Waals surface area contributed by atoms with E-state index in [1.54, 1.807) is 23.1 Å². The molecule has 1 atom stereocenters. The lowest BCUT2D eigenvalue weighted by atomic mass is 10.00. The maximum absolute atomic E-state index is 10.4. The van der Waals surface area contributed by atoms with Crippen LogP contribution in [0, 0.1) is 0 Å². The Kier molecular flexibility index (Phi) is 4.10. The fraction of sp³-hybridized carbons (Fsp3) is 0.462. The quantitative estimate of drug-likeness (QED) is 0.933. The lowest BCUT2D eigenvalue weighted by Crippen LogP contribution is -2.04. The van der Waals surface area contributed by atoms with E-state index >= 15 is 0 Å². The van der Waals surface area contributed by atoms with Gasteiger partial charge in [-0.05, 0) is 17.4 Å². The van der Waals surface area contributed by atoms with Crippen LogP contribution >= 0.6 is 22.9 Å². The molecule has 0 aliphatic carbocycles. The van der Waals surface area contributed by atoms with Crippen molar-refractivity contribution < 1.29 is 5.11 Å². The monoisotopic (exact) mass is 284 g/mol. The Hall–Kier alpha value is -0.840. The second kappa shape index (κ2) is 5.43. The summed E-state index contributed by atoms with van der Waals surface area (Å²) in [6.45, 7) is 4.11. The molecule has 0 aliphatic heterocycles. The van der Waals surface area contributed by atoms with Crippen LogP contribution in [0.5, 0.6) is 0 Å². The number of thiophene rings is 1. The smallest absolute Gasteiger partial charge is 0.132 e. The van der Waals surface area contributed by atoms with Crippen molar-refractivity contribution in [1.29, 1.82) is 0 Å². The Morgan fingerprint density at radius 2 is 2.22 bits per heavy atom. The van der Waals surface area contributed by atoms with Crippen molar-refractivity contribution >= 4 is 22.9 Å². The first-order chi connectivity index (χ1) is 8.50. The van der Waals surface area contributed by atoms with Gasteiger partial charge in [-0.3, -0.25) is 4.68 Å². The molecule has 0 spiro atoms. The van der Waals surface area contributed by atoms with Crippen LogP contribution in [0.25, 0.3) is 0 Å². The zero-order chi connectivity index (χ0) is 13.3. The Labute approximate surface area is 116 Å². The summed E-state index contributed by atoms with van der Waals surface area (Å²) >= 11 is 7.88. The standard InChI is InChI=1S/C13H17ClN2OS/c1-8(2)12-11(13(14)16(3)15-12)10(17)7-9-5-4-6-18-9/h4-6,8,10,17H,7H2,1-3H3. The highest BCUT2D eigenvalue weighted by Crippen LogP contribution is 2.33. The molecule has 18 heavy (non-hydrogen) atoms. The molecule has 0 aromatic carbocycles. The van der Waals surface area contributed by atoms with Crippen molar-refractivity contribution in [2.75, 3.05) is 0 Å². The average Bonchev–Trinajstić information content (AvgIpc) is 2.88. The molecule has 0 bridgehead atoms. The number of rotatable bonds is 4. The van der Waals surface area contributed by atoms with Gasteiger partial charge >= 0.3 is 0 Å². The number of aliphatic hydroxyl groups excluding tert-OH is 1. The lowest BCUT2D eigenvalue weighted by Gasteiger charge is -2.12. The molecule has 1 N–H and O–H groups in total. The van der Waals surface area contributed by atoms with Crippen LogP contribution in [0.1, 0.15) is 42.0 Å². The molecule has 2 aromatic rings. The average molecular weight is 285 g/mol. The van der Waals surface area contributed by atoms with E-state index < -0.39 is 6.10 Å². The Bertz CT molecular complexity index is 519. The SMILES string of the molecule is CC(C)c1nn(C)c(Cl)c1C(O)Cc1cccs1. The van der Waals surface area contributed by atoms with Crippen molar-refractivity contribution in [2.24, 2.45) is 7.05 Å². The number of hydrogen-bond acceptors (Lipinski definition) is 3. The number of aryl methyl sites for hydroxylation is 1. The van der Waals surface area contributed by atoms with Gasteiger partial charge in [0.1, 0.15) is 5.15 Å². The summed E-state index contributed by atoms with van der Waals surface area (Å²) in [5.41, 5.74) is 1.65. The maximum atomic E-state index is 10.4. The van der Waals surface area contributed by atoms with E-state index in [9.17, 15) is 5.11 Å². The first-order valence-electron chi connectivity index (χ1n) is 5.93. The van der Waals surface area contributed by atoms with Gasteiger partial charge in [-0.25, -0.2) is 0 Å². The van der Waals surface area contributed by atoms with E-state index in [1.807, 2.05) is 17.5 Å². The summed E-state index contributed by atoms with van der Waals surface area (Å²) in [6.07, 6.45) is -0.00903. The van der Waals surface area contributed by atoms with E-state index in [0.29, 0.717) is 11.6 Å². The first kappa shape index (κ1) is 13.6. The van der Waals surface area contributed by atoms with Gasteiger partial charge in [-0.15, -0.1) is 11.3 Å². The second-order valence-corrected chi connectivity index (χ2v) is 6.06. The predicted molar refractivity (Wildman–Crippen MR) is 75.3 cm³/mol. The van der Waals surface area contributed by atoms with Crippen molar-refractivity contribution in [3.63, 3.8) is 0 Å². The Morgan fingerprint density at radius 3 is 2.78 bits per heavy atom. The highest BCUT2D eigenvalue weighted by molar-refractivity contribution is 7.09. The normalized spacial score (nSPS) is 13.2. The van der Waals surface area contributed by atoms with Gasteiger partial charge in [0, 0.05) is 23.9 Å². The third-order valence-electron chi connectivity index (χ3n) is 2.89. The third kappa shape index (κ3) is 2.60. The Balaban J connectivity index is 2.31. The van der Waals surface area contributed by atoms with Crippen molar-refractivity contribution in [3.8, 4) is 0 Å². The van der Waals surface area contributed by atoms with Crippen LogP contribution in [0.15, 0.2) is 17.5 Å². The van der Waals surface area contributed by atoms with E-state index in [-0.39, 0.29) is 5.92 Å². The molecule has 0 saturated carbocycles. The minimum absolute atomic E-state index is 0.247. The minimum Gasteiger partial charge on any atom is -0.388 e. The number of nitrogens with zero attached hydrogens (tertiary/aromatic N) is 2. The summed E-state index contributed by atoms with van der Waals surface area (Å²) in [7, 11) is 1.80. The summed E-state index contributed by atoms with van der Waals surface area (Å²) in [6, 6.07) is 4.01. The molecular weight excluding hydrogens is 268 g/mol. The van der Waals surface area contributed by atoms with Crippen molar-refractivity contribution in [2.45, 2.75) is 32.3 Å². The molecular formula is C13H17ClN2OS. The summed E-state index contributed by atoms with van der Waals surface area (Å²) in [5, 5.41) is 17.3. The van der Waals surface area contributed by atoms with Crippen molar-refractivity contribution in [3.05, 3.63) is 38.8 Å². The number of hydrogen-bond donors (Lipinski definition) is 1. The molecule has 0 radical (unpaired) electrons. The molecule has 1 unspecified atom stereocenters. The zero-order valence-electron chi connectivity index (χ0n) is 10.7. The number of halogens is 1. The molecule has 3 nitrogen and oxygen atoms in total. The number of aliphatic hydroxyl groups is 1. The molecule has 0 saturated heterocycles. The lowest BCUT2D eigenvalue weighted by molar-refractivity contribution is 0.178. The highest BCUT2D eigenvalue weighted by atomic mass is 35.5. The summed E-state index contributed by atoms with van der Waals surface area (Å²) in [4.78, 5) is 1.15. The van der Waals surface area contributed by atoms with Gasteiger partial charge in [0.15, 0.2) is 0 Å². The van der Waals surface area contributed by atoms with Gasteiger partial charge in [-0.2, -0.15) is 5.10 Å². The first-order valence-corrected chi connectivity index (χ1v) is 7.19. The number of aromatic nitrogens is 2. The van der Waals surface area contributed by atoms with Crippen molar-refractivity contribution in [1.82, 2.24) is 9.78 Å². The van der Waals surface area contributed by atoms with Gasteiger partial charge < -0.3 is 5.11 Å². The molecule has 2 heterocycles. The van der Waals surface area contributed by atoms with E-state index in [2.05, 4.69) is 18.9 Å². The molecule has 0 aliphatic rings. The molecule has 2 aromatic heterocycles. The van der Waals surface area contributed by atoms with Gasteiger partial charge in [0.25, 0.3) is 0 Å². The van der Waals surface area contributed by atoms with Crippen LogP contribution in [0.3, 0.4) is 0 Å².